The second-order valence-corrected chi connectivity index (χ2v) is 8.92. The van der Waals surface area contributed by atoms with Crippen LogP contribution in [0.4, 0.5) is 0 Å². The number of hydrogen-bond donors (Lipinski definition) is 0. The predicted octanol–water partition coefficient (Wildman–Crippen LogP) is 5.02. The number of rotatable bonds is 5. The summed E-state index contributed by atoms with van der Waals surface area (Å²) >= 11 is 0. The van der Waals surface area contributed by atoms with E-state index < -0.39 is 0 Å². The van der Waals surface area contributed by atoms with E-state index >= 15 is 0 Å². The summed E-state index contributed by atoms with van der Waals surface area (Å²) in [7, 11) is 0. The van der Waals surface area contributed by atoms with Crippen LogP contribution < -0.4 is 0 Å². The molecule has 1 amide bonds. The molecule has 136 valence electrons. The van der Waals surface area contributed by atoms with Crippen molar-refractivity contribution >= 4 is 5.91 Å². The molecule has 0 saturated heterocycles. The molecule has 2 aromatic rings. The van der Waals surface area contributed by atoms with E-state index in [-0.39, 0.29) is 5.41 Å². The monoisotopic (exact) mass is 349 g/mol. The van der Waals surface area contributed by atoms with Gasteiger partial charge in [-0.1, -0.05) is 30.3 Å². The molecule has 0 aliphatic heterocycles. The van der Waals surface area contributed by atoms with Crippen LogP contribution >= 0.6 is 0 Å². The van der Waals surface area contributed by atoms with Crippen molar-refractivity contribution in [3.63, 3.8) is 0 Å². The average molecular weight is 349 g/mol. The Labute approximate surface area is 155 Å². The first-order chi connectivity index (χ1) is 12.7. The lowest BCUT2D eigenvalue weighted by Crippen LogP contribution is -2.54. The van der Waals surface area contributed by atoms with Crippen LogP contribution in [-0.2, 0) is 17.9 Å². The summed E-state index contributed by atoms with van der Waals surface area (Å²) in [4.78, 5) is 15.9. The summed E-state index contributed by atoms with van der Waals surface area (Å²) in [6, 6.07) is 14.2. The molecule has 3 heteroatoms. The van der Waals surface area contributed by atoms with E-state index in [9.17, 15) is 4.79 Å². The Kier molecular flexibility index (Phi) is 3.91. The van der Waals surface area contributed by atoms with Gasteiger partial charge >= 0.3 is 0 Å². The fourth-order valence-electron chi connectivity index (χ4n) is 6.30. The maximum atomic E-state index is 13.8. The Morgan fingerprint density at radius 2 is 1.58 bits per heavy atom. The topological polar surface area (TPSA) is 33.5 Å². The van der Waals surface area contributed by atoms with Gasteiger partial charge in [0.15, 0.2) is 0 Å². The van der Waals surface area contributed by atoms with Crippen molar-refractivity contribution in [1.82, 2.24) is 4.90 Å². The van der Waals surface area contributed by atoms with Gasteiger partial charge in [-0.15, -0.1) is 0 Å². The molecule has 0 unspecified atom stereocenters. The van der Waals surface area contributed by atoms with E-state index in [1.807, 2.05) is 18.2 Å². The first-order valence-electron chi connectivity index (χ1n) is 10.1. The molecule has 1 aromatic carbocycles. The van der Waals surface area contributed by atoms with Gasteiger partial charge in [0, 0.05) is 6.54 Å². The molecule has 26 heavy (non-hydrogen) atoms. The van der Waals surface area contributed by atoms with Crippen molar-refractivity contribution in [2.75, 3.05) is 0 Å². The highest BCUT2D eigenvalue weighted by Gasteiger charge is 2.55. The molecule has 6 rings (SSSR count). The molecule has 0 N–H and O–H groups in total. The van der Waals surface area contributed by atoms with Crippen LogP contribution in [0, 0.1) is 23.2 Å². The van der Waals surface area contributed by atoms with Crippen LogP contribution in [0.2, 0.25) is 0 Å². The molecule has 0 radical (unpaired) electrons. The molecule has 4 saturated carbocycles. The zero-order valence-corrected chi connectivity index (χ0v) is 15.3. The maximum absolute atomic E-state index is 13.8. The van der Waals surface area contributed by atoms with Crippen molar-refractivity contribution in [2.45, 2.75) is 51.6 Å². The Morgan fingerprint density at radius 3 is 2.15 bits per heavy atom. The van der Waals surface area contributed by atoms with Crippen molar-refractivity contribution in [3.05, 3.63) is 60.1 Å². The zero-order chi connectivity index (χ0) is 17.6. The van der Waals surface area contributed by atoms with E-state index in [0.29, 0.717) is 19.0 Å². The van der Waals surface area contributed by atoms with Gasteiger partial charge in [0.1, 0.15) is 5.76 Å². The van der Waals surface area contributed by atoms with Crippen LogP contribution in [0.3, 0.4) is 0 Å². The molecule has 1 aromatic heterocycles. The molecule has 4 aliphatic carbocycles. The second-order valence-electron chi connectivity index (χ2n) is 8.92. The van der Waals surface area contributed by atoms with Crippen molar-refractivity contribution in [1.29, 1.82) is 0 Å². The normalized spacial score (nSPS) is 31.9. The highest BCUT2D eigenvalue weighted by atomic mass is 16.3. The van der Waals surface area contributed by atoms with Gasteiger partial charge < -0.3 is 9.32 Å². The van der Waals surface area contributed by atoms with E-state index in [2.05, 4.69) is 29.2 Å². The second kappa shape index (κ2) is 6.29. The first kappa shape index (κ1) is 16.2. The lowest BCUT2D eigenvalue weighted by atomic mass is 9.49. The van der Waals surface area contributed by atoms with E-state index in [4.69, 9.17) is 4.42 Å². The summed E-state index contributed by atoms with van der Waals surface area (Å²) < 4.78 is 5.58. The SMILES string of the molecule is O=C(N(Cc1ccccc1)Cc1ccco1)C12CC3CC(CC(C3)C1)C2. The Balaban J connectivity index is 1.43. The molecule has 4 aliphatic rings. The maximum Gasteiger partial charge on any atom is 0.229 e. The molecular weight excluding hydrogens is 322 g/mol. The minimum absolute atomic E-state index is 0.101. The van der Waals surface area contributed by atoms with E-state index in [1.54, 1.807) is 6.26 Å². The number of benzene rings is 1. The summed E-state index contributed by atoms with van der Waals surface area (Å²) in [6.07, 6.45) is 9.13. The standard InChI is InChI=1S/C23H27NO2/c25-22(23-12-18-9-19(13-23)11-20(10-18)14-23)24(16-21-7-4-8-26-21)15-17-5-2-1-3-6-17/h1-8,18-20H,9-16H2. The summed E-state index contributed by atoms with van der Waals surface area (Å²) in [5, 5.41) is 0. The Hall–Kier alpha value is -2.03. The van der Waals surface area contributed by atoms with Gasteiger partial charge in [0.25, 0.3) is 0 Å². The molecule has 0 atom stereocenters. The number of hydrogen-bond acceptors (Lipinski definition) is 2. The van der Waals surface area contributed by atoms with Crippen molar-refractivity contribution < 1.29 is 9.21 Å². The lowest BCUT2D eigenvalue weighted by Gasteiger charge is -2.56. The third-order valence-electron chi connectivity index (χ3n) is 6.92. The molecule has 1 heterocycles. The summed E-state index contributed by atoms with van der Waals surface area (Å²) in [6.45, 7) is 1.24. The van der Waals surface area contributed by atoms with Gasteiger partial charge in [-0.05, 0) is 74.0 Å². The number of nitrogens with zero attached hydrogens (tertiary/aromatic N) is 1. The fraction of sp³-hybridized carbons (Fsp3) is 0.522. The van der Waals surface area contributed by atoms with Crippen LogP contribution in [0.5, 0.6) is 0 Å². The van der Waals surface area contributed by atoms with E-state index in [0.717, 1.165) is 42.8 Å². The van der Waals surface area contributed by atoms with Crippen LogP contribution in [-0.4, -0.2) is 10.8 Å². The molecule has 0 spiro atoms. The molecule has 3 nitrogen and oxygen atoms in total. The summed E-state index contributed by atoms with van der Waals surface area (Å²) in [5.74, 6) is 3.60. The zero-order valence-electron chi connectivity index (χ0n) is 15.3. The Morgan fingerprint density at radius 1 is 0.923 bits per heavy atom. The van der Waals surface area contributed by atoms with Gasteiger partial charge in [0.2, 0.25) is 5.91 Å². The minimum atomic E-state index is -0.101. The van der Waals surface area contributed by atoms with Crippen LogP contribution in [0.15, 0.2) is 53.1 Å². The predicted molar refractivity (Wildman–Crippen MR) is 100 cm³/mol. The van der Waals surface area contributed by atoms with Crippen LogP contribution in [0.25, 0.3) is 0 Å². The molecule has 4 fully saturated rings. The minimum Gasteiger partial charge on any atom is -0.467 e. The average Bonchev–Trinajstić information content (AvgIpc) is 3.13. The first-order valence-corrected chi connectivity index (χ1v) is 10.1. The van der Waals surface area contributed by atoms with E-state index in [1.165, 1.54) is 24.8 Å². The van der Waals surface area contributed by atoms with Gasteiger partial charge in [-0.2, -0.15) is 0 Å². The van der Waals surface area contributed by atoms with Crippen LogP contribution in [0.1, 0.15) is 49.8 Å². The van der Waals surface area contributed by atoms with Crippen molar-refractivity contribution in [2.24, 2.45) is 23.2 Å². The smallest absolute Gasteiger partial charge is 0.229 e. The van der Waals surface area contributed by atoms with Gasteiger partial charge in [0.05, 0.1) is 18.2 Å². The number of carbonyl (C=O) groups excluding carboxylic acids is 1. The van der Waals surface area contributed by atoms with Crippen molar-refractivity contribution in [3.8, 4) is 0 Å². The number of furan rings is 1. The number of carbonyl (C=O) groups is 1. The Bertz CT molecular complexity index is 729. The highest BCUT2D eigenvalue weighted by Crippen LogP contribution is 2.60. The number of amides is 1. The van der Waals surface area contributed by atoms with Gasteiger partial charge in [-0.25, -0.2) is 0 Å². The summed E-state index contributed by atoms with van der Waals surface area (Å²) in [5.41, 5.74) is 1.09. The quantitative estimate of drug-likeness (QED) is 0.759. The fourth-order valence-corrected chi connectivity index (χ4v) is 6.30. The highest BCUT2D eigenvalue weighted by molar-refractivity contribution is 5.83. The third kappa shape index (κ3) is 2.87. The third-order valence-corrected chi connectivity index (χ3v) is 6.92. The molecular formula is C23H27NO2. The van der Waals surface area contributed by atoms with Gasteiger partial charge in [-0.3, -0.25) is 4.79 Å². The largest absolute Gasteiger partial charge is 0.467 e. The lowest BCUT2D eigenvalue weighted by molar-refractivity contribution is -0.159. The molecule has 4 bridgehead atoms.